The average Bonchev–Trinajstić information content (AvgIpc) is 2.67. The summed E-state index contributed by atoms with van der Waals surface area (Å²) >= 11 is 5.91. The van der Waals surface area contributed by atoms with E-state index in [1.54, 1.807) is 12.1 Å². The van der Waals surface area contributed by atoms with Gasteiger partial charge in [-0.1, -0.05) is 11.6 Å². The highest BCUT2D eigenvalue weighted by molar-refractivity contribution is 6.31. The molecule has 0 unspecified atom stereocenters. The van der Waals surface area contributed by atoms with Gasteiger partial charge in [-0.25, -0.2) is 0 Å². The summed E-state index contributed by atoms with van der Waals surface area (Å²) in [7, 11) is 1.47. The van der Waals surface area contributed by atoms with Crippen molar-refractivity contribution in [2.75, 3.05) is 7.11 Å². The minimum Gasteiger partial charge on any atom is -0.497 e. The lowest BCUT2D eigenvalue weighted by atomic mass is 10.0. The second-order valence-corrected chi connectivity index (χ2v) is 5.91. The molecule has 0 spiro atoms. The Labute approximate surface area is 157 Å². The molecule has 0 fully saturated rings. The van der Waals surface area contributed by atoms with Crippen LogP contribution in [0.15, 0.2) is 51.9 Å². The smallest absolute Gasteiger partial charge is 0.278 e. The molecule has 0 amide bonds. The number of hydrogen-bond acceptors (Lipinski definition) is 6. The summed E-state index contributed by atoms with van der Waals surface area (Å²) in [6, 6.07) is 10.5. The molecule has 7 nitrogen and oxygen atoms in total. The van der Waals surface area contributed by atoms with Crippen LogP contribution in [0.25, 0.3) is 22.6 Å². The number of benzene rings is 2. The molecule has 3 rings (SSSR count). The van der Waals surface area contributed by atoms with Crippen molar-refractivity contribution >= 4 is 39.9 Å². The number of halogens is 1. The second kappa shape index (κ2) is 7.32. The number of allylic oxidation sites excluding steroid dienone is 1. The number of methoxy groups -OCH3 is 1. The molecule has 0 atom stereocenters. The number of fused-ring (bicyclic) bond motifs is 1. The first-order chi connectivity index (χ1) is 12.9. The molecule has 0 bridgehead atoms. The van der Waals surface area contributed by atoms with Crippen molar-refractivity contribution in [3.05, 3.63) is 79.1 Å². The Balaban J connectivity index is 2.22. The predicted octanol–water partition coefficient (Wildman–Crippen LogP) is 4.43. The lowest BCUT2D eigenvalue weighted by Crippen LogP contribution is -2.05. The van der Waals surface area contributed by atoms with E-state index in [4.69, 9.17) is 20.8 Å². The maximum Gasteiger partial charge on any atom is 0.278 e. The monoisotopic (exact) mass is 382 g/mol. The van der Waals surface area contributed by atoms with E-state index in [0.29, 0.717) is 11.3 Å². The highest BCUT2D eigenvalue weighted by atomic mass is 35.5. The topological polar surface area (TPSA) is 106 Å². The molecule has 0 aliphatic rings. The third kappa shape index (κ3) is 3.52. The molecule has 0 radical (unpaired) electrons. The summed E-state index contributed by atoms with van der Waals surface area (Å²) in [6.45, 7) is 0. The van der Waals surface area contributed by atoms with Crippen LogP contribution >= 0.6 is 11.6 Å². The second-order valence-electron chi connectivity index (χ2n) is 5.47. The minimum atomic E-state index is -0.620. The Bertz CT molecular complexity index is 1190. The number of nitro benzene ring substituents is 1. The van der Waals surface area contributed by atoms with Crippen LogP contribution in [0, 0.1) is 21.4 Å². The predicted molar refractivity (Wildman–Crippen MR) is 101 cm³/mol. The zero-order chi connectivity index (χ0) is 19.6. The quantitative estimate of drug-likeness (QED) is 0.375. The van der Waals surface area contributed by atoms with Crippen LogP contribution in [0.4, 0.5) is 5.69 Å². The fourth-order valence-electron chi connectivity index (χ4n) is 2.56. The number of nitriles is 1. The van der Waals surface area contributed by atoms with Gasteiger partial charge in [0.15, 0.2) is 5.43 Å². The van der Waals surface area contributed by atoms with Crippen LogP contribution in [0.1, 0.15) is 11.1 Å². The molecule has 0 N–H and O–H groups in total. The molecular weight excluding hydrogens is 372 g/mol. The summed E-state index contributed by atoms with van der Waals surface area (Å²) in [6.07, 6.45) is 2.44. The molecule has 0 aliphatic heterocycles. The van der Waals surface area contributed by atoms with E-state index in [0.717, 1.165) is 0 Å². The van der Waals surface area contributed by atoms with Gasteiger partial charge in [-0.2, -0.15) is 5.26 Å². The first-order valence-corrected chi connectivity index (χ1v) is 7.98. The number of ether oxygens (including phenoxy) is 1. The molecule has 1 aromatic heterocycles. The van der Waals surface area contributed by atoms with E-state index in [1.165, 1.54) is 43.7 Å². The molecule has 2 aromatic carbocycles. The van der Waals surface area contributed by atoms with Crippen LogP contribution < -0.4 is 10.2 Å². The van der Waals surface area contributed by atoms with Crippen LogP contribution in [-0.4, -0.2) is 12.0 Å². The Morgan fingerprint density at radius 1 is 1.33 bits per heavy atom. The fourth-order valence-corrected chi connectivity index (χ4v) is 2.73. The van der Waals surface area contributed by atoms with Gasteiger partial charge in [0, 0.05) is 11.1 Å². The van der Waals surface area contributed by atoms with Crippen LogP contribution in [0.2, 0.25) is 5.02 Å². The van der Waals surface area contributed by atoms with Crippen LogP contribution in [0.3, 0.4) is 0 Å². The summed E-state index contributed by atoms with van der Waals surface area (Å²) in [5.74, 6) is 0.474. The molecular formula is C19H11ClN2O5. The Kier molecular flexibility index (Phi) is 4.92. The lowest BCUT2D eigenvalue weighted by Gasteiger charge is -2.04. The standard InChI is InChI=1S/C19H11ClN2O5/c1-26-14-3-5-18-16(8-14)19(23)12(10-27-18)6-11(9-21)15-7-13(20)2-4-17(15)22(24)25/h2-8,10H,1H3/b11-6+. The van der Waals surface area contributed by atoms with E-state index in [9.17, 15) is 20.2 Å². The largest absolute Gasteiger partial charge is 0.497 e. The normalized spacial score (nSPS) is 11.2. The Morgan fingerprint density at radius 3 is 2.78 bits per heavy atom. The summed E-state index contributed by atoms with van der Waals surface area (Å²) in [4.78, 5) is 23.4. The van der Waals surface area contributed by atoms with Crippen molar-refractivity contribution in [3.63, 3.8) is 0 Å². The zero-order valence-corrected chi connectivity index (χ0v) is 14.7. The molecule has 0 saturated heterocycles. The third-order valence-corrected chi connectivity index (χ3v) is 4.11. The van der Waals surface area contributed by atoms with Crippen molar-refractivity contribution in [2.45, 2.75) is 0 Å². The number of nitrogens with zero attached hydrogens (tertiary/aromatic N) is 2. The van der Waals surface area contributed by atoms with E-state index in [2.05, 4.69) is 0 Å². The van der Waals surface area contributed by atoms with Gasteiger partial charge in [-0.15, -0.1) is 0 Å². The SMILES string of the molecule is COc1ccc2occ(/C=C(\C#N)c3cc(Cl)ccc3[N+](=O)[O-])c(=O)c2c1. The summed E-state index contributed by atoms with van der Waals surface area (Å²) < 4.78 is 10.5. The van der Waals surface area contributed by atoms with Gasteiger partial charge >= 0.3 is 0 Å². The van der Waals surface area contributed by atoms with Gasteiger partial charge in [-0.05, 0) is 36.4 Å². The Hall–Kier alpha value is -3.63. The molecule has 134 valence electrons. The Morgan fingerprint density at radius 2 is 2.11 bits per heavy atom. The molecule has 8 heteroatoms. The van der Waals surface area contributed by atoms with Crippen molar-refractivity contribution in [2.24, 2.45) is 0 Å². The summed E-state index contributed by atoms with van der Waals surface area (Å²) in [5, 5.41) is 21.2. The van der Waals surface area contributed by atoms with Gasteiger partial charge in [0.05, 0.1) is 34.1 Å². The van der Waals surface area contributed by atoms with Gasteiger partial charge < -0.3 is 9.15 Å². The first kappa shape index (κ1) is 18.2. The van der Waals surface area contributed by atoms with E-state index >= 15 is 0 Å². The van der Waals surface area contributed by atoms with Crippen LogP contribution in [0.5, 0.6) is 5.75 Å². The molecule has 1 heterocycles. The van der Waals surface area contributed by atoms with E-state index in [-0.39, 0.29) is 32.8 Å². The average molecular weight is 383 g/mol. The lowest BCUT2D eigenvalue weighted by molar-refractivity contribution is -0.385. The molecule has 3 aromatic rings. The molecule has 0 saturated carbocycles. The van der Waals surface area contributed by atoms with Gasteiger partial charge in [0.25, 0.3) is 5.69 Å². The van der Waals surface area contributed by atoms with Gasteiger partial charge in [0.2, 0.25) is 0 Å². The third-order valence-electron chi connectivity index (χ3n) is 3.87. The van der Waals surface area contributed by atoms with Gasteiger partial charge in [0.1, 0.15) is 23.7 Å². The zero-order valence-electron chi connectivity index (χ0n) is 13.9. The van der Waals surface area contributed by atoms with Gasteiger partial charge in [-0.3, -0.25) is 14.9 Å². The van der Waals surface area contributed by atoms with Crippen LogP contribution in [-0.2, 0) is 0 Å². The van der Waals surface area contributed by atoms with Crippen molar-refractivity contribution in [1.82, 2.24) is 0 Å². The first-order valence-electron chi connectivity index (χ1n) is 7.60. The minimum absolute atomic E-state index is 0.0140. The number of nitro groups is 1. The van der Waals surface area contributed by atoms with Crippen molar-refractivity contribution in [1.29, 1.82) is 5.26 Å². The highest BCUT2D eigenvalue weighted by Gasteiger charge is 2.18. The van der Waals surface area contributed by atoms with E-state index < -0.39 is 10.4 Å². The number of rotatable bonds is 4. The fraction of sp³-hybridized carbons (Fsp3) is 0.0526. The summed E-state index contributed by atoms with van der Waals surface area (Å²) in [5.41, 5.74) is -0.336. The maximum absolute atomic E-state index is 12.7. The number of hydrogen-bond donors (Lipinski definition) is 0. The van der Waals surface area contributed by atoms with Crippen molar-refractivity contribution < 1.29 is 14.1 Å². The maximum atomic E-state index is 12.7. The van der Waals surface area contributed by atoms with Crippen molar-refractivity contribution in [3.8, 4) is 11.8 Å². The molecule has 0 aliphatic carbocycles. The molecule has 27 heavy (non-hydrogen) atoms. The highest BCUT2D eigenvalue weighted by Crippen LogP contribution is 2.30. The van der Waals surface area contributed by atoms with E-state index in [1.807, 2.05) is 6.07 Å².